The van der Waals surface area contributed by atoms with Gasteiger partial charge < -0.3 is 9.84 Å². The van der Waals surface area contributed by atoms with Crippen LogP contribution in [0.4, 0.5) is 8.78 Å². The van der Waals surface area contributed by atoms with Crippen LogP contribution in [0, 0.1) is 11.6 Å². The van der Waals surface area contributed by atoms with Gasteiger partial charge in [-0.1, -0.05) is 35.5 Å². The van der Waals surface area contributed by atoms with E-state index in [2.05, 4.69) is 15.4 Å². The summed E-state index contributed by atoms with van der Waals surface area (Å²) < 4.78 is 32.0. The van der Waals surface area contributed by atoms with Crippen LogP contribution in [0.25, 0.3) is 0 Å². The average Bonchev–Trinajstić information content (AvgIpc) is 3.26. The molecule has 3 aromatic rings. The van der Waals surface area contributed by atoms with E-state index in [0.717, 1.165) is 37.2 Å². The molecule has 0 unspecified atom stereocenters. The number of hydrogen-bond donors (Lipinski definition) is 1. The number of rotatable bonds is 6. The number of carbonyl (C=O) groups excluding carboxylic acids is 1. The minimum Gasteiger partial charge on any atom is -0.351 e. The summed E-state index contributed by atoms with van der Waals surface area (Å²) in [7, 11) is 0. The zero-order valence-corrected chi connectivity index (χ0v) is 16.5. The highest BCUT2D eigenvalue weighted by molar-refractivity contribution is 5.91. The molecule has 0 spiro atoms. The van der Waals surface area contributed by atoms with Gasteiger partial charge in [0.15, 0.2) is 0 Å². The van der Waals surface area contributed by atoms with Crippen molar-refractivity contribution < 1.29 is 18.1 Å². The molecule has 1 saturated heterocycles. The van der Waals surface area contributed by atoms with Crippen LogP contribution in [0.5, 0.6) is 0 Å². The molecule has 2 heterocycles. The van der Waals surface area contributed by atoms with Crippen molar-refractivity contribution in [3.05, 3.63) is 88.8 Å². The van der Waals surface area contributed by atoms with Gasteiger partial charge in [-0.3, -0.25) is 9.69 Å². The Labute approximate surface area is 173 Å². The van der Waals surface area contributed by atoms with Gasteiger partial charge in [0.25, 0.3) is 5.91 Å². The molecule has 7 heteroatoms. The molecule has 0 bridgehead atoms. The third kappa shape index (κ3) is 4.91. The molecule has 1 aliphatic rings. The number of amides is 1. The van der Waals surface area contributed by atoms with E-state index in [-0.39, 0.29) is 35.8 Å². The molecule has 0 saturated carbocycles. The zero-order valence-electron chi connectivity index (χ0n) is 16.5. The zero-order chi connectivity index (χ0) is 20.9. The summed E-state index contributed by atoms with van der Waals surface area (Å²) >= 11 is 0. The molecule has 0 aliphatic carbocycles. The first-order chi connectivity index (χ1) is 14.6. The summed E-state index contributed by atoms with van der Waals surface area (Å²) in [4.78, 5) is 14.5. The third-order valence-corrected chi connectivity index (χ3v) is 5.48. The molecular weight excluding hydrogens is 388 g/mol. The molecule has 1 fully saturated rings. The predicted molar refractivity (Wildman–Crippen MR) is 108 cm³/mol. The van der Waals surface area contributed by atoms with E-state index >= 15 is 0 Å². The van der Waals surface area contributed by atoms with Crippen LogP contribution in [0.15, 0.2) is 59.1 Å². The van der Waals surface area contributed by atoms with Crippen LogP contribution >= 0.6 is 0 Å². The van der Waals surface area contributed by atoms with Crippen molar-refractivity contribution in [3.63, 3.8) is 0 Å². The Morgan fingerprint density at radius 3 is 2.57 bits per heavy atom. The van der Waals surface area contributed by atoms with Crippen molar-refractivity contribution in [3.8, 4) is 0 Å². The first-order valence-corrected chi connectivity index (χ1v) is 10.0. The van der Waals surface area contributed by atoms with Gasteiger partial charge in [-0.15, -0.1) is 0 Å². The van der Waals surface area contributed by atoms with E-state index in [4.69, 9.17) is 4.52 Å². The van der Waals surface area contributed by atoms with E-state index in [1.54, 1.807) is 24.3 Å². The summed E-state index contributed by atoms with van der Waals surface area (Å²) in [6.45, 7) is 2.54. The van der Waals surface area contributed by atoms with Crippen molar-refractivity contribution in [1.82, 2.24) is 15.4 Å². The number of likely N-dealkylation sites (tertiary alicyclic amines) is 1. The Morgan fingerprint density at radius 2 is 1.83 bits per heavy atom. The summed E-state index contributed by atoms with van der Waals surface area (Å²) in [6, 6.07) is 14.5. The molecule has 156 valence electrons. The van der Waals surface area contributed by atoms with E-state index in [1.165, 1.54) is 18.2 Å². The van der Waals surface area contributed by atoms with Gasteiger partial charge in [-0.2, -0.15) is 0 Å². The van der Waals surface area contributed by atoms with E-state index in [9.17, 15) is 13.6 Å². The third-order valence-electron chi connectivity index (χ3n) is 5.48. The highest BCUT2D eigenvalue weighted by Gasteiger charge is 2.25. The van der Waals surface area contributed by atoms with Gasteiger partial charge in [0, 0.05) is 30.6 Å². The molecule has 1 amide bonds. The maximum Gasteiger partial charge on any atom is 0.290 e. The molecule has 1 N–H and O–H groups in total. The van der Waals surface area contributed by atoms with Crippen molar-refractivity contribution >= 4 is 5.91 Å². The first kappa shape index (κ1) is 20.2. The maximum absolute atomic E-state index is 13.8. The van der Waals surface area contributed by atoms with Gasteiger partial charge in [0.2, 0.25) is 5.76 Å². The lowest BCUT2D eigenvalue weighted by atomic mass is 9.93. The van der Waals surface area contributed by atoms with Crippen molar-refractivity contribution in [1.29, 1.82) is 0 Å². The van der Waals surface area contributed by atoms with Gasteiger partial charge in [-0.25, -0.2) is 8.78 Å². The smallest absolute Gasteiger partial charge is 0.290 e. The number of carbonyl (C=O) groups is 1. The van der Waals surface area contributed by atoms with Gasteiger partial charge in [-0.05, 0) is 49.7 Å². The number of benzene rings is 2. The second-order valence-corrected chi connectivity index (χ2v) is 7.57. The summed E-state index contributed by atoms with van der Waals surface area (Å²) in [5.74, 6) is -0.461. The Morgan fingerprint density at radius 1 is 1.10 bits per heavy atom. The Kier molecular flexibility index (Phi) is 6.18. The van der Waals surface area contributed by atoms with E-state index in [1.807, 2.05) is 12.1 Å². The van der Waals surface area contributed by atoms with Crippen LogP contribution in [0.1, 0.15) is 46.1 Å². The first-order valence-electron chi connectivity index (χ1n) is 10.0. The van der Waals surface area contributed by atoms with Crippen LogP contribution in [0.2, 0.25) is 0 Å². The fourth-order valence-electron chi connectivity index (χ4n) is 3.71. The average molecular weight is 411 g/mol. The lowest BCUT2D eigenvalue weighted by Gasteiger charge is -2.31. The molecule has 0 radical (unpaired) electrons. The number of hydrogen-bond acceptors (Lipinski definition) is 4. The number of piperidine rings is 1. The minimum absolute atomic E-state index is 0.167. The maximum atomic E-state index is 13.8. The van der Waals surface area contributed by atoms with Crippen molar-refractivity contribution in [2.24, 2.45) is 0 Å². The number of nitrogens with one attached hydrogen (secondary N) is 1. The van der Waals surface area contributed by atoms with Gasteiger partial charge >= 0.3 is 0 Å². The monoisotopic (exact) mass is 411 g/mol. The molecule has 1 aliphatic heterocycles. The molecule has 1 aromatic heterocycles. The summed E-state index contributed by atoms with van der Waals surface area (Å²) in [5.41, 5.74) is 2.27. The van der Waals surface area contributed by atoms with Crippen LogP contribution in [0.3, 0.4) is 0 Å². The number of aromatic nitrogens is 1. The topological polar surface area (TPSA) is 58.4 Å². The fourth-order valence-corrected chi connectivity index (χ4v) is 3.71. The van der Waals surface area contributed by atoms with Crippen molar-refractivity contribution in [2.75, 3.05) is 13.1 Å². The summed E-state index contributed by atoms with van der Waals surface area (Å²) in [5, 5.41) is 6.84. The fraction of sp³-hybridized carbons (Fsp3) is 0.304. The quantitative estimate of drug-likeness (QED) is 0.658. The van der Waals surface area contributed by atoms with E-state index in [0.29, 0.717) is 12.1 Å². The van der Waals surface area contributed by atoms with Crippen LogP contribution < -0.4 is 5.32 Å². The second-order valence-electron chi connectivity index (χ2n) is 7.57. The minimum atomic E-state index is -0.352. The SMILES string of the molecule is O=C(NCc1ccc(F)cc1)c1cc(C2CCN(Cc3ccccc3F)CC2)no1. The highest BCUT2D eigenvalue weighted by atomic mass is 19.1. The number of halogens is 2. The molecule has 2 aromatic carbocycles. The number of nitrogens with zero attached hydrogens (tertiary/aromatic N) is 2. The molecule has 4 rings (SSSR count). The Balaban J connectivity index is 1.28. The molecule has 5 nitrogen and oxygen atoms in total. The Bertz CT molecular complexity index is 996. The van der Waals surface area contributed by atoms with Crippen LogP contribution in [-0.2, 0) is 13.1 Å². The standard InChI is InChI=1S/C23H23F2N3O2/c24-19-7-5-16(6-8-19)14-26-23(29)22-13-21(27-30-22)17-9-11-28(12-10-17)15-18-3-1-2-4-20(18)25/h1-8,13,17H,9-12,14-15H2,(H,26,29). The largest absolute Gasteiger partial charge is 0.351 e. The predicted octanol–water partition coefficient (Wildman–Crippen LogP) is 4.26. The van der Waals surface area contributed by atoms with Gasteiger partial charge in [0.1, 0.15) is 11.6 Å². The van der Waals surface area contributed by atoms with Gasteiger partial charge in [0.05, 0.1) is 5.69 Å². The van der Waals surface area contributed by atoms with Crippen molar-refractivity contribution in [2.45, 2.75) is 31.8 Å². The molecular formula is C23H23F2N3O2. The highest BCUT2D eigenvalue weighted by Crippen LogP contribution is 2.28. The van der Waals surface area contributed by atoms with E-state index < -0.39 is 0 Å². The normalized spacial score (nSPS) is 15.3. The molecule has 0 atom stereocenters. The lowest BCUT2D eigenvalue weighted by Crippen LogP contribution is -2.32. The molecule has 30 heavy (non-hydrogen) atoms. The Hall–Kier alpha value is -3.06. The summed E-state index contributed by atoms with van der Waals surface area (Å²) in [6.07, 6.45) is 1.75. The van der Waals surface area contributed by atoms with Crippen LogP contribution in [-0.4, -0.2) is 29.1 Å². The lowest BCUT2D eigenvalue weighted by molar-refractivity contribution is 0.0913. The second kappa shape index (κ2) is 9.17.